The Kier molecular flexibility index (Phi) is 6.28. The number of anilines is 1. The highest BCUT2D eigenvalue weighted by molar-refractivity contribution is 6.34. The van der Waals surface area contributed by atoms with E-state index in [1.165, 1.54) is 0 Å². The lowest BCUT2D eigenvalue weighted by Crippen LogP contribution is -2.34. The van der Waals surface area contributed by atoms with Gasteiger partial charge in [-0.15, -0.1) is 12.4 Å². The molecule has 7 nitrogen and oxygen atoms in total. The van der Waals surface area contributed by atoms with Crippen LogP contribution in [-0.2, 0) is 0 Å². The van der Waals surface area contributed by atoms with Crippen LogP contribution in [-0.4, -0.2) is 55.9 Å². The van der Waals surface area contributed by atoms with E-state index in [4.69, 9.17) is 11.6 Å². The van der Waals surface area contributed by atoms with Crippen molar-refractivity contribution in [1.82, 2.24) is 16.0 Å². The number of urea groups is 1. The van der Waals surface area contributed by atoms with Gasteiger partial charge in [-0.3, -0.25) is 9.69 Å². The Bertz CT molecular complexity index is 629. The van der Waals surface area contributed by atoms with Gasteiger partial charge < -0.3 is 21.1 Å². The Morgan fingerprint density at radius 2 is 2.21 bits per heavy atom. The minimum atomic E-state index is -0.453. The molecule has 3 rings (SSSR count). The molecule has 1 aromatic carbocycles. The number of rotatable bonds is 4. The fraction of sp³-hybridized carbons (Fsp3) is 0.467. The fourth-order valence-electron chi connectivity index (χ4n) is 2.82. The Hall–Kier alpha value is -1.54. The largest absolute Gasteiger partial charge is 0.391 e. The van der Waals surface area contributed by atoms with Crippen molar-refractivity contribution in [3.05, 3.63) is 28.8 Å². The van der Waals surface area contributed by atoms with E-state index in [1.807, 2.05) is 0 Å². The second-order valence-electron chi connectivity index (χ2n) is 5.74. The lowest BCUT2D eigenvalue weighted by atomic mass is 10.1. The predicted octanol–water partition coefficient (Wildman–Crippen LogP) is 0.602. The van der Waals surface area contributed by atoms with Gasteiger partial charge in [0.15, 0.2) is 0 Å². The summed E-state index contributed by atoms with van der Waals surface area (Å²) in [7, 11) is 0. The van der Waals surface area contributed by atoms with E-state index in [-0.39, 0.29) is 30.3 Å². The molecule has 0 spiro atoms. The number of halogens is 2. The summed E-state index contributed by atoms with van der Waals surface area (Å²) >= 11 is 6.12. The van der Waals surface area contributed by atoms with Crippen LogP contribution in [0.5, 0.6) is 0 Å². The second-order valence-corrected chi connectivity index (χ2v) is 6.15. The van der Waals surface area contributed by atoms with Gasteiger partial charge in [0, 0.05) is 44.3 Å². The lowest BCUT2D eigenvalue weighted by molar-refractivity contribution is 0.0927. The summed E-state index contributed by atoms with van der Waals surface area (Å²) in [5, 5.41) is 18.7. The molecule has 0 aliphatic carbocycles. The van der Waals surface area contributed by atoms with Crippen LogP contribution in [0, 0.1) is 5.92 Å². The molecule has 2 heterocycles. The van der Waals surface area contributed by atoms with E-state index in [1.54, 1.807) is 23.1 Å². The summed E-state index contributed by atoms with van der Waals surface area (Å²) in [5.74, 6) is -0.319. The quantitative estimate of drug-likeness (QED) is 0.620. The van der Waals surface area contributed by atoms with Crippen LogP contribution in [0.2, 0.25) is 5.02 Å². The van der Waals surface area contributed by atoms with E-state index in [9.17, 15) is 14.7 Å². The molecule has 0 aromatic heterocycles. The molecule has 2 fully saturated rings. The van der Waals surface area contributed by atoms with E-state index in [0.29, 0.717) is 49.0 Å². The number of hydrogen-bond acceptors (Lipinski definition) is 4. The summed E-state index contributed by atoms with van der Waals surface area (Å²) in [6.07, 6.45) is -0.453. The van der Waals surface area contributed by atoms with Crippen LogP contribution in [0.3, 0.4) is 0 Å². The molecule has 0 radical (unpaired) electrons. The van der Waals surface area contributed by atoms with Gasteiger partial charge in [-0.2, -0.15) is 0 Å². The minimum absolute atomic E-state index is 0. The third-order valence-corrected chi connectivity index (χ3v) is 4.52. The van der Waals surface area contributed by atoms with Gasteiger partial charge in [-0.05, 0) is 18.2 Å². The van der Waals surface area contributed by atoms with Crippen molar-refractivity contribution in [3.63, 3.8) is 0 Å². The van der Waals surface area contributed by atoms with Crippen molar-refractivity contribution >= 4 is 41.6 Å². The van der Waals surface area contributed by atoms with Gasteiger partial charge in [-0.25, -0.2) is 4.79 Å². The first-order valence-electron chi connectivity index (χ1n) is 7.58. The van der Waals surface area contributed by atoms with Crippen molar-refractivity contribution in [2.24, 2.45) is 5.92 Å². The average Bonchev–Trinajstić information content (AvgIpc) is 3.14. The van der Waals surface area contributed by atoms with Gasteiger partial charge in [0.2, 0.25) is 0 Å². The Balaban J connectivity index is 0.00000208. The Labute approximate surface area is 151 Å². The zero-order chi connectivity index (χ0) is 16.4. The highest BCUT2D eigenvalue weighted by Crippen LogP contribution is 2.24. The minimum Gasteiger partial charge on any atom is -0.391 e. The van der Waals surface area contributed by atoms with Crippen molar-refractivity contribution in [1.29, 1.82) is 0 Å². The molecule has 132 valence electrons. The molecule has 4 N–H and O–H groups in total. The van der Waals surface area contributed by atoms with Crippen LogP contribution < -0.4 is 20.9 Å². The topological polar surface area (TPSA) is 93.7 Å². The third kappa shape index (κ3) is 3.92. The van der Waals surface area contributed by atoms with E-state index < -0.39 is 6.10 Å². The van der Waals surface area contributed by atoms with E-state index in [0.717, 1.165) is 0 Å². The Morgan fingerprint density at radius 1 is 1.42 bits per heavy atom. The average molecular weight is 375 g/mol. The predicted molar refractivity (Wildman–Crippen MR) is 94.1 cm³/mol. The molecule has 2 unspecified atom stereocenters. The first kappa shape index (κ1) is 18.8. The lowest BCUT2D eigenvalue weighted by Gasteiger charge is -2.17. The fourth-order valence-corrected chi connectivity index (χ4v) is 3.02. The number of amides is 3. The van der Waals surface area contributed by atoms with Crippen molar-refractivity contribution in [2.45, 2.75) is 6.10 Å². The molecule has 0 bridgehead atoms. The van der Waals surface area contributed by atoms with Crippen LogP contribution in [0.25, 0.3) is 0 Å². The number of aliphatic hydroxyl groups excluding tert-OH is 1. The molecule has 1 aromatic rings. The first-order chi connectivity index (χ1) is 11.1. The summed E-state index contributed by atoms with van der Waals surface area (Å²) < 4.78 is 0. The highest BCUT2D eigenvalue weighted by atomic mass is 35.5. The number of aliphatic hydroxyl groups is 1. The number of hydrogen-bond donors (Lipinski definition) is 4. The van der Waals surface area contributed by atoms with Crippen molar-refractivity contribution in [2.75, 3.05) is 37.6 Å². The number of benzene rings is 1. The van der Waals surface area contributed by atoms with Crippen LogP contribution >= 0.6 is 24.0 Å². The standard InChI is InChI=1S/C15H19ClN4O3.ClH/c16-12-2-1-10(20-4-3-18-15(20)23)5-11(12)14(22)19-7-9-6-17-8-13(9)21;/h1-2,5,9,13,17,21H,3-4,6-8H2,(H,18,23)(H,19,22);1H. The van der Waals surface area contributed by atoms with Crippen molar-refractivity contribution < 1.29 is 14.7 Å². The summed E-state index contributed by atoms with van der Waals surface area (Å²) in [5.41, 5.74) is 0.960. The van der Waals surface area contributed by atoms with Gasteiger partial charge in [0.1, 0.15) is 0 Å². The summed E-state index contributed by atoms with van der Waals surface area (Å²) in [4.78, 5) is 25.7. The molecule has 3 amide bonds. The monoisotopic (exact) mass is 374 g/mol. The number of β-amino-alcohol motifs (C(OH)–C–C–N with tert-alkyl or cyclic N) is 1. The maximum atomic E-state index is 12.4. The maximum absolute atomic E-state index is 12.4. The van der Waals surface area contributed by atoms with E-state index in [2.05, 4.69) is 16.0 Å². The van der Waals surface area contributed by atoms with Gasteiger partial charge in [-0.1, -0.05) is 11.6 Å². The molecule has 2 aliphatic rings. The number of carbonyl (C=O) groups is 2. The normalized spacial score (nSPS) is 22.9. The van der Waals surface area contributed by atoms with Crippen molar-refractivity contribution in [3.8, 4) is 0 Å². The molecule has 24 heavy (non-hydrogen) atoms. The number of carbonyl (C=O) groups excluding carboxylic acids is 2. The summed E-state index contributed by atoms with van der Waals surface area (Å²) in [6, 6.07) is 4.77. The number of nitrogens with zero attached hydrogens (tertiary/aromatic N) is 1. The molecule has 9 heteroatoms. The highest BCUT2D eigenvalue weighted by Gasteiger charge is 2.26. The molecule has 2 saturated heterocycles. The van der Waals surface area contributed by atoms with Gasteiger partial charge >= 0.3 is 6.03 Å². The zero-order valence-corrected chi connectivity index (χ0v) is 14.5. The first-order valence-corrected chi connectivity index (χ1v) is 7.96. The van der Waals surface area contributed by atoms with Crippen LogP contribution in [0.4, 0.5) is 10.5 Å². The molecule has 0 saturated carbocycles. The maximum Gasteiger partial charge on any atom is 0.321 e. The smallest absolute Gasteiger partial charge is 0.321 e. The van der Waals surface area contributed by atoms with Crippen LogP contribution in [0.1, 0.15) is 10.4 Å². The van der Waals surface area contributed by atoms with E-state index >= 15 is 0 Å². The molecule has 2 atom stereocenters. The molecular formula is C15H20Cl2N4O3. The molecule has 2 aliphatic heterocycles. The van der Waals surface area contributed by atoms with Gasteiger partial charge in [0.25, 0.3) is 5.91 Å². The molecular weight excluding hydrogens is 355 g/mol. The zero-order valence-electron chi connectivity index (χ0n) is 12.9. The Morgan fingerprint density at radius 3 is 2.83 bits per heavy atom. The number of nitrogens with one attached hydrogen (secondary N) is 3. The summed E-state index contributed by atoms with van der Waals surface area (Å²) in [6.45, 7) is 2.72. The SMILES string of the molecule is Cl.O=C(NCC1CNCC1O)c1cc(N2CCNC2=O)ccc1Cl. The third-order valence-electron chi connectivity index (χ3n) is 4.19. The second kappa shape index (κ2) is 8.02. The van der Waals surface area contributed by atoms with Crippen LogP contribution in [0.15, 0.2) is 18.2 Å². The van der Waals surface area contributed by atoms with Gasteiger partial charge in [0.05, 0.1) is 16.7 Å².